The highest BCUT2D eigenvalue weighted by atomic mass is 16.5. The number of amides is 1. The van der Waals surface area contributed by atoms with Gasteiger partial charge in [0.05, 0.1) is 13.2 Å². The molecule has 6 nitrogen and oxygen atoms in total. The number of morpholine rings is 1. The van der Waals surface area contributed by atoms with Gasteiger partial charge in [-0.15, -0.1) is 0 Å². The van der Waals surface area contributed by atoms with Crippen molar-refractivity contribution in [3.63, 3.8) is 0 Å². The van der Waals surface area contributed by atoms with Gasteiger partial charge in [0, 0.05) is 50.6 Å². The molecule has 1 aliphatic carbocycles. The molecule has 0 aromatic heterocycles. The van der Waals surface area contributed by atoms with Gasteiger partial charge in [0.25, 0.3) is 0 Å². The molecule has 0 spiro atoms. The lowest BCUT2D eigenvalue weighted by molar-refractivity contribution is -0.120. The number of anilines is 2. The van der Waals surface area contributed by atoms with Crippen LogP contribution in [0.2, 0.25) is 0 Å². The molecule has 25 heavy (non-hydrogen) atoms. The number of hydrogen-bond acceptors (Lipinski definition) is 5. The second-order valence-electron chi connectivity index (χ2n) is 7.35. The summed E-state index contributed by atoms with van der Waals surface area (Å²) >= 11 is 0. The molecule has 6 heteroatoms. The summed E-state index contributed by atoms with van der Waals surface area (Å²) in [5.41, 5.74) is 2.05. The van der Waals surface area contributed by atoms with Gasteiger partial charge in [0.1, 0.15) is 6.04 Å². The van der Waals surface area contributed by atoms with Crippen molar-refractivity contribution in [3.8, 4) is 0 Å². The molecule has 0 bridgehead atoms. The molecular formula is C19H28N4O2. The maximum Gasteiger partial charge on any atom is 0.243 e. The smallest absolute Gasteiger partial charge is 0.243 e. The van der Waals surface area contributed by atoms with Gasteiger partial charge in [-0.25, -0.2) is 0 Å². The summed E-state index contributed by atoms with van der Waals surface area (Å²) in [7, 11) is 0. The highest BCUT2D eigenvalue weighted by Crippen LogP contribution is 2.30. The number of carbonyl (C=O) groups is 1. The fourth-order valence-corrected chi connectivity index (χ4v) is 3.60. The lowest BCUT2D eigenvalue weighted by atomic mass is 10.2. The molecule has 1 atom stereocenters. The zero-order chi connectivity index (χ0) is 17.1. The topological polar surface area (TPSA) is 56.8 Å². The Morgan fingerprint density at radius 1 is 1.24 bits per heavy atom. The number of nitrogens with zero attached hydrogens (tertiary/aromatic N) is 2. The van der Waals surface area contributed by atoms with Crippen LogP contribution >= 0.6 is 0 Å². The van der Waals surface area contributed by atoms with Crippen LogP contribution in [0.4, 0.5) is 11.4 Å². The van der Waals surface area contributed by atoms with E-state index >= 15 is 0 Å². The fraction of sp³-hybridized carbons (Fsp3) is 0.632. The van der Waals surface area contributed by atoms with Crippen LogP contribution in [0.3, 0.4) is 0 Å². The Balaban J connectivity index is 1.32. The fourth-order valence-electron chi connectivity index (χ4n) is 3.60. The number of carbonyl (C=O) groups excluding carboxylic acids is 1. The summed E-state index contributed by atoms with van der Waals surface area (Å²) in [5, 5.41) is 6.21. The van der Waals surface area contributed by atoms with Crippen LogP contribution in [0.25, 0.3) is 0 Å². The van der Waals surface area contributed by atoms with Crippen molar-refractivity contribution in [1.29, 1.82) is 0 Å². The van der Waals surface area contributed by atoms with Gasteiger partial charge in [0.15, 0.2) is 0 Å². The number of piperazine rings is 1. The largest absolute Gasteiger partial charge is 0.378 e. The third-order valence-corrected chi connectivity index (χ3v) is 5.30. The van der Waals surface area contributed by atoms with E-state index < -0.39 is 0 Å². The van der Waals surface area contributed by atoms with Crippen molar-refractivity contribution in [2.24, 2.45) is 5.92 Å². The van der Waals surface area contributed by atoms with Crippen LogP contribution in [0.5, 0.6) is 0 Å². The highest BCUT2D eigenvalue weighted by Gasteiger charge is 2.26. The molecule has 3 aliphatic rings. The van der Waals surface area contributed by atoms with E-state index in [9.17, 15) is 4.79 Å². The first-order chi connectivity index (χ1) is 12.3. The van der Waals surface area contributed by atoms with Crippen molar-refractivity contribution in [3.05, 3.63) is 24.3 Å². The van der Waals surface area contributed by atoms with Gasteiger partial charge in [-0.1, -0.05) is 6.07 Å². The predicted octanol–water partition coefficient (Wildman–Crippen LogP) is 1.15. The van der Waals surface area contributed by atoms with Gasteiger partial charge in [0.2, 0.25) is 5.91 Å². The number of rotatable bonds is 5. The molecular weight excluding hydrogens is 316 g/mol. The number of nitrogens with one attached hydrogen (secondary N) is 2. The lowest BCUT2D eigenvalue weighted by Crippen LogP contribution is -2.49. The van der Waals surface area contributed by atoms with Crippen LogP contribution in [0.15, 0.2) is 24.3 Å². The Bertz CT molecular complexity index is 591. The first-order valence-corrected chi connectivity index (χ1v) is 9.47. The van der Waals surface area contributed by atoms with E-state index in [1.807, 2.05) is 12.1 Å². The lowest BCUT2D eigenvalue weighted by Gasteiger charge is -2.36. The summed E-state index contributed by atoms with van der Waals surface area (Å²) < 4.78 is 5.37. The number of benzene rings is 1. The quantitative estimate of drug-likeness (QED) is 0.839. The van der Waals surface area contributed by atoms with E-state index in [0.29, 0.717) is 13.2 Å². The number of hydrogen-bond donors (Lipinski definition) is 2. The average molecular weight is 344 g/mol. The van der Waals surface area contributed by atoms with Crippen LogP contribution in [-0.4, -0.2) is 69.3 Å². The Kier molecular flexibility index (Phi) is 5.20. The maximum atomic E-state index is 12.3. The predicted molar refractivity (Wildman–Crippen MR) is 99.1 cm³/mol. The normalized spacial score (nSPS) is 25.0. The molecule has 1 saturated carbocycles. The standard InChI is InChI=1S/C19H28N4O2/c24-19(18-14-25-11-6-20-18)21-16-2-1-3-17(12-16)23-9-7-22(8-10-23)13-15-4-5-15/h1-3,12,15,18,20H,4-11,13-14H2,(H,21,24). The van der Waals surface area contributed by atoms with E-state index in [2.05, 4.69) is 32.6 Å². The minimum atomic E-state index is -0.261. The van der Waals surface area contributed by atoms with Crippen LogP contribution < -0.4 is 15.5 Å². The molecule has 1 aromatic carbocycles. The van der Waals surface area contributed by atoms with E-state index in [0.717, 1.165) is 44.3 Å². The summed E-state index contributed by atoms with van der Waals surface area (Å²) in [6, 6.07) is 7.93. The molecule has 2 saturated heterocycles. The van der Waals surface area contributed by atoms with Crippen molar-refractivity contribution >= 4 is 17.3 Å². The molecule has 2 N–H and O–H groups in total. The Morgan fingerprint density at radius 3 is 2.80 bits per heavy atom. The zero-order valence-corrected chi connectivity index (χ0v) is 14.7. The van der Waals surface area contributed by atoms with Crippen LogP contribution in [0.1, 0.15) is 12.8 Å². The summed E-state index contributed by atoms with van der Waals surface area (Å²) in [4.78, 5) is 17.3. The van der Waals surface area contributed by atoms with E-state index in [-0.39, 0.29) is 11.9 Å². The first-order valence-electron chi connectivity index (χ1n) is 9.47. The molecule has 2 aliphatic heterocycles. The zero-order valence-electron chi connectivity index (χ0n) is 14.7. The maximum absolute atomic E-state index is 12.3. The molecule has 2 heterocycles. The van der Waals surface area contributed by atoms with Crippen molar-refractivity contribution in [2.45, 2.75) is 18.9 Å². The van der Waals surface area contributed by atoms with Gasteiger partial charge in [-0.3, -0.25) is 9.69 Å². The molecule has 3 fully saturated rings. The van der Waals surface area contributed by atoms with Crippen molar-refractivity contribution in [1.82, 2.24) is 10.2 Å². The molecule has 4 rings (SSSR count). The van der Waals surface area contributed by atoms with Crippen LogP contribution in [0, 0.1) is 5.92 Å². The third-order valence-electron chi connectivity index (χ3n) is 5.30. The minimum Gasteiger partial charge on any atom is -0.378 e. The van der Waals surface area contributed by atoms with E-state index in [1.165, 1.54) is 25.1 Å². The molecule has 1 aromatic rings. The molecule has 136 valence electrons. The molecule has 1 unspecified atom stereocenters. The second kappa shape index (κ2) is 7.72. The van der Waals surface area contributed by atoms with E-state index in [1.54, 1.807) is 0 Å². The first kappa shape index (κ1) is 16.8. The monoisotopic (exact) mass is 344 g/mol. The average Bonchev–Trinajstić information content (AvgIpc) is 3.47. The molecule has 1 amide bonds. The van der Waals surface area contributed by atoms with Crippen molar-refractivity contribution in [2.75, 3.05) is 62.7 Å². The summed E-state index contributed by atoms with van der Waals surface area (Å²) in [6.45, 7) is 7.50. The third kappa shape index (κ3) is 4.51. The van der Waals surface area contributed by atoms with Crippen LogP contribution in [-0.2, 0) is 9.53 Å². The van der Waals surface area contributed by atoms with Gasteiger partial charge < -0.3 is 20.3 Å². The van der Waals surface area contributed by atoms with Gasteiger partial charge >= 0.3 is 0 Å². The van der Waals surface area contributed by atoms with Crippen molar-refractivity contribution < 1.29 is 9.53 Å². The Hall–Kier alpha value is -1.63. The Morgan fingerprint density at radius 2 is 2.08 bits per heavy atom. The molecule has 0 radical (unpaired) electrons. The number of ether oxygens (including phenoxy) is 1. The van der Waals surface area contributed by atoms with E-state index in [4.69, 9.17) is 4.74 Å². The second-order valence-corrected chi connectivity index (χ2v) is 7.35. The summed E-state index contributed by atoms with van der Waals surface area (Å²) in [6.07, 6.45) is 2.84. The van der Waals surface area contributed by atoms with Gasteiger partial charge in [-0.05, 0) is 37.0 Å². The highest BCUT2D eigenvalue weighted by molar-refractivity contribution is 5.95. The Labute approximate surface area is 149 Å². The minimum absolute atomic E-state index is 0.0221. The van der Waals surface area contributed by atoms with Gasteiger partial charge in [-0.2, -0.15) is 0 Å². The SMILES string of the molecule is O=C(Nc1cccc(N2CCN(CC3CC3)CC2)c1)C1COCCN1. The summed E-state index contributed by atoms with van der Waals surface area (Å²) in [5.74, 6) is 0.938.